The van der Waals surface area contributed by atoms with Gasteiger partial charge in [0, 0.05) is 30.8 Å². The zero-order valence-corrected chi connectivity index (χ0v) is 13.2. The van der Waals surface area contributed by atoms with Gasteiger partial charge in [0.25, 0.3) is 0 Å². The fourth-order valence-electron chi connectivity index (χ4n) is 3.31. The van der Waals surface area contributed by atoms with Crippen molar-refractivity contribution < 1.29 is 0 Å². The summed E-state index contributed by atoms with van der Waals surface area (Å²) in [7, 11) is 0. The second kappa shape index (κ2) is 5.53. The second-order valence-corrected chi connectivity index (χ2v) is 6.15. The van der Waals surface area contributed by atoms with Gasteiger partial charge in [-0.25, -0.2) is 9.97 Å². The monoisotopic (exact) mass is 308 g/mol. The summed E-state index contributed by atoms with van der Waals surface area (Å²) in [5.74, 6) is 2.70. The molecule has 0 spiro atoms. The summed E-state index contributed by atoms with van der Waals surface area (Å²) in [4.78, 5) is 19.1. The normalized spacial score (nSPS) is 18.5. The van der Waals surface area contributed by atoms with Crippen LogP contribution in [0.5, 0.6) is 0 Å². The lowest BCUT2D eigenvalue weighted by molar-refractivity contribution is 0.492. The molecule has 0 amide bonds. The van der Waals surface area contributed by atoms with Crippen LogP contribution in [-0.4, -0.2) is 33.0 Å². The minimum atomic E-state index is 0.339. The van der Waals surface area contributed by atoms with Gasteiger partial charge < -0.3 is 15.6 Å². The molecule has 0 radical (unpaired) electrons. The highest BCUT2D eigenvalue weighted by atomic mass is 15.2. The van der Waals surface area contributed by atoms with Crippen LogP contribution in [0.3, 0.4) is 0 Å². The van der Waals surface area contributed by atoms with Crippen molar-refractivity contribution in [2.45, 2.75) is 25.7 Å². The highest BCUT2D eigenvalue weighted by Gasteiger charge is 2.25. The molecule has 0 bridgehead atoms. The topological polar surface area (TPSA) is 83.7 Å². The number of imidazole rings is 1. The lowest BCUT2D eigenvalue weighted by Gasteiger charge is -2.32. The number of hydrogen-bond acceptors (Lipinski definition) is 5. The number of nitrogens with two attached hydrogens (primary N) is 1. The lowest BCUT2D eigenvalue weighted by Crippen LogP contribution is -2.35. The molecule has 1 aliphatic rings. The Labute approximate surface area is 134 Å². The number of piperidine rings is 1. The van der Waals surface area contributed by atoms with Gasteiger partial charge in [-0.3, -0.25) is 0 Å². The van der Waals surface area contributed by atoms with Crippen molar-refractivity contribution in [1.82, 2.24) is 19.9 Å². The van der Waals surface area contributed by atoms with Crippen LogP contribution in [0.1, 0.15) is 30.3 Å². The van der Waals surface area contributed by atoms with E-state index in [-0.39, 0.29) is 0 Å². The molecule has 1 aromatic carbocycles. The van der Waals surface area contributed by atoms with Crippen molar-refractivity contribution in [1.29, 1.82) is 0 Å². The van der Waals surface area contributed by atoms with Crippen LogP contribution in [-0.2, 0) is 0 Å². The van der Waals surface area contributed by atoms with Crippen molar-refractivity contribution in [3.05, 3.63) is 41.9 Å². The number of hydrogen-bond donors (Lipinski definition) is 2. The molecule has 0 aliphatic carbocycles. The van der Waals surface area contributed by atoms with Gasteiger partial charge in [-0.05, 0) is 31.9 Å². The fourth-order valence-corrected chi connectivity index (χ4v) is 3.31. The van der Waals surface area contributed by atoms with Gasteiger partial charge in [-0.2, -0.15) is 4.98 Å². The number of aromatic amines is 1. The number of anilines is 2. The van der Waals surface area contributed by atoms with E-state index in [1.807, 2.05) is 31.2 Å². The van der Waals surface area contributed by atoms with Crippen molar-refractivity contribution in [3.8, 4) is 0 Å². The minimum Gasteiger partial charge on any atom is -0.368 e. The number of nitrogens with one attached hydrogen (secondary N) is 1. The first-order valence-electron chi connectivity index (χ1n) is 8.00. The van der Waals surface area contributed by atoms with Gasteiger partial charge in [0.05, 0.1) is 11.0 Å². The molecule has 3 aromatic rings. The fraction of sp³-hybridized carbons (Fsp3) is 0.353. The molecule has 23 heavy (non-hydrogen) atoms. The van der Waals surface area contributed by atoms with Gasteiger partial charge in [-0.1, -0.05) is 12.1 Å². The van der Waals surface area contributed by atoms with E-state index < -0.39 is 0 Å². The summed E-state index contributed by atoms with van der Waals surface area (Å²) in [6.45, 7) is 3.84. The Hall–Kier alpha value is -2.63. The number of aromatic nitrogens is 4. The number of aryl methyl sites for hydroxylation is 1. The Morgan fingerprint density at radius 3 is 2.91 bits per heavy atom. The third-order valence-corrected chi connectivity index (χ3v) is 4.40. The molecule has 0 unspecified atom stereocenters. The zero-order valence-electron chi connectivity index (χ0n) is 13.2. The summed E-state index contributed by atoms with van der Waals surface area (Å²) in [5, 5.41) is 0. The third-order valence-electron chi connectivity index (χ3n) is 4.40. The molecular formula is C17H20N6. The van der Waals surface area contributed by atoms with E-state index in [0.717, 1.165) is 54.3 Å². The largest absolute Gasteiger partial charge is 0.368 e. The van der Waals surface area contributed by atoms with Gasteiger partial charge in [0.1, 0.15) is 11.6 Å². The first-order chi connectivity index (χ1) is 11.2. The lowest BCUT2D eigenvalue weighted by atomic mass is 9.97. The number of benzene rings is 1. The first-order valence-corrected chi connectivity index (χ1v) is 8.00. The minimum absolute atomic E-state index is 0.339. The van der Waals surface area contributed by atoms with Crippen LogP contribution < -0.4 is 10.6 Å². The van der Waals surface area contributed by atoms with Crippen LogP contribution in [0, 0.1) is 6.92 Å². The predicted octanol–water partition coefficient (Wildman–Crippen LogP) is 2.63. The Balaban J connectivity index is 1.61. The van der Waals surface area contributed by atoms with E-state index in [0.29, 0.717) is 11.9 Å². The highest BCUT2D eigenvalue weighted by molar-refractivity contribution is 5.74. The van der Waals surface area contributed by atoms with Crippen molar-refractivity contribution in [3.63, 3.8) is 0 Å². The van der Waals surface area contributed by atoms with E-state index in [2.05, 4.69) is 25.9 Å². The molecule has 3 N–H and O–H groups in total. The van der Waals surface area contributed by atoms with Crippen LogP contribution in [0.2, 0.25) is 0 Å². The summed E-state index contributed by atoms with van der Waals surface area (Å²) in [6, 6.07) is 10.2. The molecule has 1 atom stereocenters. The molecule has 6 nitrogen and oxygen atoms in total. The maximum atomic E-state index is 5.80. The molecule has 1 saturated heterocycles. The number of H-pyrrole nitrogens is 1. The van der Waals surface area contributed by atoms with Gasteiger partial charge >= 0.3 is 0 Å². The van der Waals surface area contributed by atoms with Crippen molar-refractivity contribution >= 4 is 22.8 Å². The standard InChI is InChI=1S/C17H20N6/c1-11-9-15(22-17(18)19-11)23-8-4-5-12(10-23)16-20-13-6-2-3-7-14(13)21-16/h2-3,6-7,9,12H,4-5,8,10H2,1H3,(H,20,21)(H2,18,19,22)/t12-/m0/s1. The van der Waals surface area contributed by atoms with Crippen molar-refractivity contribution in [2.75, 3.05) is 23.7 Å². The number of para-hydroxylation sites is 2. The van der Waals surface area contributed by atoms with Crippen LogP contribution in [0.25, 0.3) is 11.0 Å². The average Bonchev–Trinajstić information content (AvgIpc) is 2.98. The van der Waals surface area contributed by atoms with E-state index in [4.69, 9.17) is 10.7 Å². The summed E-state index contributed by atoms with van der Waals surface area (Å²) < 4.78 is 0. The van der Waals surface area contributed by atoms with Crippen LogP contribution >= 0.6 is 0 Å². The summed E-state index contributed by atoms with van der Waals surface area (Å²) in [5.41, 5.74) is 8.82. The highest BCUT2D eigenvalue weighted by Crippen LogP contribution is 2.29. The SMILES string of the molecule is Cc1cc(N2CCC[C@H](c3nc4ccccc4[nH]3)C2)nc(N)n1. The molecular weight excluding hydrogens is 288 g/mol. The van der Waals surface area contributed by atoms with E-state index in [1.54, 1.807) is 0 Å². The first kappa shape index (κ1) is 14.0. The van der Waals surface area contributed by atoms with E-state index >= 15 is 0 Å². The Kier molecular flexibility index (Phi) is 3.37. The average molecular weight is 308 g/mol. The Morgan fingerprint density at radius 1 is 1.22 bits per heavy atom. The number of fused-ring (bicyclic) bond motifs is 1. The smallest absolute Gasteiger partial charge is 0.222 e. The maximum Gasteiger partial charge on any atom is 0.222 e. The number of nitrogens with zero attached hydrogens (tertiary/aromatic N) is 4. The molecule has 3 heterocycles. The van der Waals surface area contributed by atoms with Gasteiger partial charge in [-0.15, -0.1) is 0 Å². The molecule has 4 rings (SSSR count). The van der Waals surface area contributed by atoms with Gasteiger partial charge in [0.15, 0.2) is 0 Å². The predicted molar refractivity (Wildman–Crippen MR) is 91.5 cm³/mol. The van der Waals surface area contributed by atoms with Gasteiger partial charge in [0.2, 0.25) is 5.95 Å². The van der Waals surface area contributed by atoms with Crippen molar-refractivity contribution in [2.24, 2.45) is 0 Å². The Morgan fingerprint density at radius 2 is 2.09 bits per heavy atom. The molecule has 6 heteroatoms. The second-order valence-electron chi connectivity index (χ2n) is 6.15. The quantitative estimate of drug-likeness (QED) is 0.760. The van der Waals surface area contributed by atoms with E-state index in [9.17, 15) is 0 Å². The summed E-state index contributed by atoms with van der Waals surface area (Å²) in [6.07, 6.45) is 2.25. The Bertz CT molecular complexity index is 787. The number of rotatable bonds is 2. The molecule has 1 fully saturated rings. The maximum absolute atomic E-state index is 5.80. The number of nitrogen functional groups attached to an aromatic ring is 1. The molecule has 2 aromatic heterocycles. The third kappa shape index (κ3) is 2.72. The molecule has 118 valence electrons. The molecule has 1 aliphatic heterocycles. The summed E-state index contributed by atoms with van der Waals surface area (Å²) >= 11 is 0. The zero-order chi connectivity index (χ0) is 15.8. The van der Waals surface area contributed by atoms with E-state index in [1.165, 1.54) is 0 Å². The van der Waals surface area contributed by atoms with Crippen LogP contribution in [0.4, 0.5) is 11.8 Å². The molecule has 0 saturated carbocycles. The van der Waals surface area contributed by atoms with Crippen LogP contribution in [0.15, 0.2) is 30.3 Å².